The van der Waals surface area contributed by atoms with Crippen molar-refractivity contribution in [3.8, 4) is 5.75 Å². The lowest BCUT2D eigenvalue weighted by Gasteiger charge is -2.24. The Labute approximate surface area is 190 Å². The predicted octanol–water partition coefficient (Wildman–Crippen LogP) is 5.15. The summed E-state index contributed by atoms with van der Waals surface area (Å²) in [4.78, 5) is 31.7. The number of hydrogen-bond acceptors (Lipinski definition) is 5. The van der Waals surface area contributed by atoms with Gasteiger partial charge in [0.2, 0.25) is 0 Å². The van der Waals surface area contributed by atoms with Crippen LogP contribution in [0.4, 0.5) is 5.82 Å². The largest absolute Gasteiger partial charge is 0.507 e. The maximum Gasteiger partial charge on any atom is 0.301 e. The molecule has 1 aliphatic heterocycles. The van der Waals surface area contributed by atoms with Crippen LogP contribution in [0.5, 0.6) is 5.75 Å². The molecule has 162 valence electrons. The molecular weight excluding hydrogens is 428 g/mol. The van der Waals surface area contributed by atoms with Gasteiger partial charge in [-0.1, -0.05) is 36.7 Å². The minimum absolute atomic E-state index is 0.0230. The molecule has 0 bridgehead atoms. The first-order valence-corrected chi connectivity index (χ1v) is 10.6. The Hall–Kier alpha value is -3.64. The Bertz CT molecular complexity index is 1180. The number of pyridine rings is 1. The Kier molecular flexibility index (Phi) is 6.23. The van der Waals surface area contributed by atoms with Crippen LogP contribution in [-0.4, -0.2) is 28.4 Å². The molecule has 3 aromatic rings. The van der Waals surface area contributed by atoms with Gasteiger partial charge >= 0.3 is 5.91 Å². The quantitative estimate of drug-likeness (QED) is 0.320. The number of ether oxygens (including phenoxy) is 1. The highest BCUT2D eigenvalue weighted by molar-refractivity contribution is 6.51. The molecule has 2 heterocycles. The number of amides is 1. The number of carbonyl (C=O) groups is 2. The number of aliphatic hydroxyl groups excluding tert-OH is 1. The zero-order valence-corrected chi connectivity index (χ0v) is 18.1. The van der Waals surface area contributed by atoms with Crippen molar-refractivity contribution < 1.29 is 19.4 Å². The van der Waals surface area contributed by atoms with E-state index in [1.54, 1.807) is 72.9 Å². The van der Waals surface area contributed by atoms with Crippen molar-refractivity contribution in [3.05, 3.63) is 94.6 Å². The molecule has 1 fully saturated rings. The topological polar surface area (TPSA) is 79.7 Å². The van der Waals surface area contributed by atoms with E-state index in [0.29, 0.717) is 34.3 Å². The van der Waals surface area contributed by atoms with Crippen molar-refractivity contribution in [1.29, 1.82) is 0 Å². The number of aromatic nitrogens is 1. The van der Waals surface area contributed by atoms with E-state index in [4.69, 9.17) is 16.3 Å². The van der Waals surface area contributed by atoms with E-state index in [9.17, 15) is 14.7 Å². The number of hydrogen-bond donors (Lipinski definition) is 1. The molecule has 2 aromatic carbocycles. The number of ketones is 1. The molecule has 6 nitrogen and oxygen atoms in total. The third-order valence-corrected chi connectivity index (χ3v) is 5.34. The van der Waals surface area contributed by atoms with Gasteiger partial charge in [0.1, 0.15) is 17.3 Å². The fourth-order valence-corrected chi connectivity index (χ4v) is 3.84. The first-order valence-electron chi connectivity index (χ1n) is 10.2. The summed E-state index contributed by atoms with van der Waals surface area (Å²) in [5.74, 6) is -0.859. The average Bonchev–Trinajstić information content (AvgIpc) is 3.08. The van der Waals surface area contributed by atoms with Crippen LogP contribution >= 0.6 is 11.6 Å². The Morgan fingerprint density at radius 2 is 1.88 bits per heavy atom. The van der Waals surface area contributed by atoms with Crippen molar-refractivity contribution in [2.45, 2.75) is 19.4 Å². The molecule has 1 N–H and O–H groups in total. The molecule has 1 aliphatic rings. The van der Waals surface area contributed by atoms with Gasteiger partial charge in [-0.15, -0.1) is 0 Å². The highest BCUT2D eigenvalue weighted by atomic mass is 35.5. The molecule has 0 spiro atoms. The minimum atomic E-state index is -0.875. The number of Topliss-reactive ketones (excluding diaryl/α,β-unsaturated/α-hetero) is 1. The van der Waals surface area contributed by atoms with Crippen LogP contribution in [0.25, 0.3) is 5.76 Å². The average molecular weight is 449 g/mol. The molecule has 1 aromatic heterocycles. The molecule has 7 heteroatoms. The van der Waals surface area contributed by atoms with Gasteiger partial charge < -0.3 is 9.84 Å². The van der Waals surface area contributed by atoms with Crippen LogP contribution in [0, 0.1) is 0 Å². The maximum atomic E-state index is 13.1. The summed E-state index contributed by atoms with van der Waals surface area (Å²) in [6.45, 7) is 2.59. The summed E-state index contributed by atoms with van der Waals surface area (Å²) in [7, 11) is 0. The fourth-order valence-electron chi connectivity index (χ4n) is 3.64. The van der Waals surface area contributed by atoms with Crippen molar-refractivity contribution in [1.82, 2.24) is 4.98 Å². The summed E-state index contributed by atoms with van der Waals surface area (Å²) in [5, 5.41) is 11.6. The summed E-state index contributed by atoms with van der Waals surface area (Å²) in [6, 6.07) is 17.8. The van der Waals surface area contributed by atoms with Crippen molar-refractivity contribution >= 4 is 34.9 Å². The first-order chi connectivity index (χ1) is 15.5. The molecule has 1 saturated heterocycles. The van der Waals surface area contributed by atoms with Crippen molar-refractivity contribution in [2.24, 2.45) is 0 Å². The smallest absolute Gasteiger partial charge is 0.301 e. The lowest BCUT2D eigenvalue weighted by Crippen LogP contribution is -2.30. The summed E-state index contributed by atoms with van der Waals surface area (Å²) >= 11 is 6.20. The van der Waals surface area contributed by atoms with Crippen molar-refractivity contribution in [2.75, 3.05) is 11.5 Å². The number of benzene rings is 2. The molecule has 0 unspecified atom stereocenters. The van der Waals surface area contributed by atoms with Crippen LogP contribution < -0.4 is 9.64 Å². The van der Waals surface area contributed by atoms with E-state index >= 15 is 0 Å². The molecule has 1 atom stereocenters. The number of halogens is 1. The number of nitrogens with zero attached hydrogens (tertiary/aromatic N) is 2. The van der Waals surface area contributed by atoms with Crippen LogP contribution in [0.2, 0.25) is 5.02 Å². The molecule has 0 aliphatic carbocycles. The van der Waals surface area contributed by atoms with Crippen molar-refractivity contribution in [3.63, 3.8) is 0 Å². The normalized spacial score (nSPS) is 17.6. The van der Waals surface area contributed by atoms with E-state index < -0.39 is 17.7 Å². The summed E-state index contributed by atoms with van der Waals surface area (Å²) in [5.41, 5.74) is 0.969. The highest BCUT2D eigenvalue weighted by Crippen LogP contribution is 2.42. The molecular formula is C25H21ClN2O4. The molecule has 0 saturated carbocycles. The lowest BCUT2D eigenvalue weighted by molar-refractivity contribution is -0.132. The van der Waals surface area contributed by atoms with E-state index in [-0.39, 0.29) is 11.3 Å². The molecule has 0 radical (unpaired) electrons. The number of aliphatic hydroxyl groups is 1. The van der Waals surface area contributed by atoms with Gasteiger partial charge in [-0.05, 0) is 60.5 Å². The minimum Gasteiger partial charge on any atom is -0.507 e. The second-order valence-corrected chi connectivity index (χ2v) is 7.72. The van der Waals surface area contributed by atoms with Crippen LogP contribution in [0.1, 0.15) is 30.5 Å². The predicted molar refractivity (Wildman–Crippen MR) is 123 cm³/mol. The zero-order chi connectivity index (χ0) is 22.7. The van der Waals surface area contributed by atoms with Gasteiger partial charge in [0.25, 0.3) is 5.78 Å². The van der Waals surface area contributed by atoms with Crippen LogP contribution in [0.15, 0.2) is 78.5 Å². The molecule has 4 rings (SSSR count). The molecule has 32 heavy (non-hydrogen) atoms. The number of rotatable bonds is 6. The maximum absolute atomic E-state index is 13.1. The lowest BCUT2D eigenvalue weighted by atomic mass is 9.95. The number of anilines is 1. The van der Waals surface area contributed by atoms with Gasteiger partial charge in [-0.3, -0.25) is 14.5 Å². The van der Waals surface area contributed by atoms with E-state index in [2.05, 4.69) is 4.98 Å². The van der Waals surface area contributed by atoms with E-state index in [0.717, 1.165) is 6.42 Å². The monoisotopic (exact) mass is 448 g/mol. The van der Waals surface area contributed by atoms with Gasteiger partial charge in [-0.2, -0.15) is 0 Å². The highest BCUT2D eigenvalue weighted by Gasteiger charge is 2.47. The Morgan fingerprint density at radius 3 is 2.53 bits per heavy atom. The molecule has 1 amide bonds. The van der Waals surface area contributed by atoms with Gasteiger partial charge in [0, 0.05) is 16.8 Å². The second-order valence-electron chi connectivity index (χ2n) is 7.28. The van der Waals surface area contributed by atoms with Gasteiger partial charge in [-0.25, -0.2) is 4.98 Å². The third-order valence-electron chi connectivity index (χ3n) is 5.11. The number of carbonyl (C=O) groups excluding carboxylic acids is 2. The van der Waals surface area contributed by atoms with E-state index in [1.807, 2.05) is 6.92 Å². The third kappa shape index (κ3) is 4.09. The van der Waals surface area contributed by atoms with Gasteiger partial charge in [0.05, 0.1) is 18.2 Å². The summed E-state index contributed by atoms with van der Waals surface area (Å²) in [6.07, 6.45) is 2.41. The van der Waals surface area contributed by atoms with E-state index in [1.165, 1.54) is 4.90 Å². The Balaban J connectivity index is 1.85. The second kappa shape index (κ2) is 9.24. The first kappa shape index (κ1) is 21.6. The Morgan fingerprint density at radius 1 is 1.09 bits per heavy atom. The van der Waals surface area contributed by atoms with Crippen LogP contribution in [0.3, 0.4) is 0 Å². The SMILES string of the molecule is CCCOc1ccc(/C(O)=C2\C(=O)C(=O)N(c3ccccn3)[C@H]2c2cccc(Cl)c2)cc1. The standard InChI is InChI=1S/C25H21ClN2O4/c1-2-14-32-19-11-9-16(10-12-19)23(29)21-22(17-6-5-7-18(26)15-17)28(25(31)24(21)30)20-8-3-4-13-27-20/h3-13,15,22,29H,2,14H2,1H3/b23-21+/t22-/m0/s1. The van der Waals surface area contributed by atoms with Gasteiger partial charge in [0.15, 0.2) is 0 Å². The summed E-state index contributed by atoms with van der Waals surface area (Å²) < 4.78 is 5.58. The fraction of sp³-hybridized carbons (Fsp3) is 0.160. The van der Waals surface area contributed by atoms with Crippen LogP contribution in [-0.2, 0) is 9.59 Å². The zero-order valence-electron chi connectivity index (χ0n) is 17.4.